The molecule has 0 fully saturated rings. The van der Waals surface area contributed by atoms with Gasteiger partial charge in [0.25, 0.3) is 0 Å². The number of nitrogens with zero attached hydrogens (tertiary/aromatic N) is 1. The maximum atomic E-state index is 5.08. The van der Waals surface area contributed by atoms with Crippen LogP contribution in [0.4, 0.5) is 0 Å². The summed E-state index contributed by atoms with van der Waals surface area (Å²) < 4.78 is 0. The van der Waals surface area contributed by atoms with Gasteiger partial charge >= 0.3 is 0 Å². The van der Waals surface area contributed by atoms with Crippen LogP contribution in [0.1, 0.15) is 41.7 Å². The summed E-state index contributed by atoms with van der Waals surface area (Å²) in [6, 6.07) is 41.4. The highest BCUT2D eigenvalue weighted by atomic mass is 14.8. The molecule has 0 heterocycles. The van der Waals surface area contributed by atoms with Crippen molar-refractivity contribution in [1.29, 1.82) is 0 Å². The molecule has 0 bridgehead atoms. The van der Waals surface area contributed by atoms with E-state index in [4.69, 9.17) is 4.99 Å². The normalized spacial score (nSPS) is 11.9. The van der Waals surface area contributed by atoms with Crippen LogP contribution < -0.4 is 0 Å². The number of rotatable bonds is 8. The van der Waals surface area contributed by atoms with E-state index in [0.717, 1.165) is 29.0 Å². The molecule has 5 aromatic rings. The average Bonchev–Trinajstić information content (AvgIpc) is 2.98. The second-order valence-corrected chi connectivity index (χ2v) is 11.3. The van der Waals surface area contributed by atoms with E-state index >= 15 is 0 Å². The average molecular weight is 546 g/mol. The Morgan fingerprint density at radius 3 is 1.74 bits per heavy atom. The molecule has 0 aliphatic heterocycles. The van der Waals surface area contributed by atoms with Gasteiger partial charge in [-0.2, -0.15) is 0 Å². The van der Waals surface area contributed by atoms with Crippen LogP contribution >= 0.6 is 0 Å². The van der Waals surface area contributed by atoms with Crippen molar-refractivity contribution in [2.24, 2.45) is 4.99 Å². The number of allylic oxidation sites excluding steroid dienone is 2. The summed E-state index contributed by atoms with van der Waals surface area (Å²) in [5, 5.41) is 0. The second-order valence-electron chi connectivity index (χ2n) is 11.3. The molecule has 42 heavy (non-hydrogen) atoms. The summed E-state index contributed by atoms with van der Waals surface area (Å²) in [6.45, 7) is 14.8. The molecule has 1 nitrogen and oxygen atoms in total. The van der Waals surface area contributed by atoms with E-state index in [2.05, 4.69) is 150 Å². The van der Waals surface area contributed by atoms with Crippen LogP contribution in [0.5, 0.6) is 0 Å². The van der Waals surface area contributed by atoms with Crippen LogP contribution in [0.3, 0.4) is 0 Å². The third-order valence-electron chi connectivity index (χ3n) is 7.76. The van der Waals surface area contributed by atoms with E-state index in [9.17, 15) is 0 Å². The highest BCUT2D eigenvalue weighted by Gasteiger charge is 2.13. The number of hydrogen-bond acceptors (Lipinski definition) is 1. The Morgan fingerprint density at radius 1 is 0.595 bits per heavy atom. The summed E-state index contributed by atoms with van der Waals surface area (Å²) in [5.41, 5.74) is 16.8. The van der Waals surface area contributed by atoms with E-state index in [1.165, 1.54) is 55.6 Å². The summed E-state index contributed by atoms with van der Waals surface area (Å²) in [4.78, 5) is 5.08. The van der Waals surface area contributed by atoms with Gasteiger partial charge in [-0.05, 0) is 108 Å². The van der Waals surface area contributed by atoms with Gasteiger partial charge < -0.3 is 0 Å². The minimum atomic E-state index is 0.766. The van der Waals surface area contributed by atoms with Gasteiger partial charge in [0.15, 0.2) is 0 Å². The predicted molar refractivity (Wildman–Crippen MR) is 183 cm³/mol. The van der Waals surface area contributed by atoms with Gasteiger partial charge in [0.1, 0.15) is 0 Å². The first-order chi connectivity index (χ1) is 20.3. The van der Waals surface area contributed by atoms with Crippen LogP contribution in [0, 0.1) is 20.8 Å². The number of benzene rings is 5. The molecule has 0 aromatic heterocycles. The Balaban J connectivity index is 1.52. The molecule has 0 saturated carbocycles. The van der Waals surface area contributed by atoms with Gasteiger partial charge in [-0.15, -0.1) is 0 Å². The largest absolute Gasteiger partial charge is 0.257 e. The molecule has 0 aliphatic carbocycles. The van der Waals surface area contributed by atoms with Crippen molar-refractivity contribution in [3.05, 3.63) is 161 Å². The third kappa shape index (κ3) is 6.58. The molecule has 0 amide bonds. The molecule has 0 spiro atoms. The lowest BCUT2D eigenvalue weighted by Crippen LogP contribution is -2.01. The van der Waals surface area contributed by atoms with Crippen molar-refractivity contribution in [3.63, 3.8) is 0 Å². The van der Waals surface area contributed by atoms with Crippen LogP contribution in [-0.4, -0.2) is 5.71 Å². The minimum absolute atomic E-state index is 0.766. The number of aryl methyl sites for hydroxylation is 3. The SMILES string of the molecule is C=C(C)/C=C(\N=C(C)Cc1ccccc1-c1cc(-c2ccc(C)c(-c3ccccc3C)c2)ccc1C)c1ccccc1. The van der Waals surface area contributed by atoms with E-state index < -0.39 is 0 Å². The van der Waals surface area contributed by atoms with Crippen molar-refractivity contribution in [2.75, 3.05) is 0 Å². The maximum absolute atomic E-state index is 5.08. The molecular weight excluding hydrogens is 506 g/mol. The van der Waals surface area contributed by atoms with Crippen molar-refractivity contribution >= 4 is 11.4 Å². The van der Waals surface area contributed by atoms with E-state index in [-0.39, 0.29) is 0 Å². The molecular formula is C41H39N. The topological polar surface area (TPSA) is 12.4 Å². The van der Waals surface area contributed by atoms with Crippen LogP contribution in [0.15, 0.2) is 138 Å². The van der Waals surface area contributed by atoms with Gasteiger partial charge in [0.2, 0.25) is 0 Å². The third-order valence-corrected chi connectivity index (χ3v) is 7.76. The Labute approximate surface area is 251 Å². The van der Waals surface area contributed by atoms with E-state index in [1.54, 1.807) is 0 Å². The first-order valence-electron chi connectivity index (χ1n) is 14.6. The van der Waals surface area contributed by atoms with Gasteiger partial charge in [0.05, 0.1) is 5.70 Å². The fourth-order valence-corrected chi connectivity index (χ4v) is 5.54. The molecule has 0 N–H and O–H groups in total. The first kappa shape index (κ1) is 28.8. The fourth-order valence-electron chi connectivity index (χ4n) is 5.54. The lowest BCUT2D eigenvalue weighted by atomic mass is 9.89. The minimum Gasteiger partial charge on any atom is -0.257 e. The smallest absolute Gasteiger partial charge is 0.0703 e. The second kappa shape index (κ2) is 12.8. The van der Waals surface area contributed by atoms with Gasteiger partial charge in [0, 0.05) is 17.7 Å². The molecule has 5 aromatic carbocycles. The van der Waals surface area contributed by atoms with Crippen molar-refractivity contribution in [3.8, 4) is 33.4 Å². The molecule has 5 rings (SSSR count). The summed E-state index contributed by atoms with van der Waals surface area (Å²) in [6.07, 6.45) is 2.83. The van der Waals surface area contributed by atoms with Crippen molar-refractivity contribution < 1.29 is 0 Å². The Hall–Kier alpha value is -4.75. The van der Waals surface area contributed by atoms with Crippen molar-refractivity contribution in [2.45, 2.75) is 41.0 Å². The maximum Gasteiger partial charge on any atom is 0.0703 e. The zero-order chi connectivity index (χ0) is 29.6. The lowest BCUT2D eigenvalue weighted by Gasteiger charge is -2.16. The molecule has 0 saturated heterocycles. The summed E-state index contributed by atoms with van der Waals surface area (Å²) in [7, 11) is 0. The summed E-state index contributed by atoms with van der Waals surface area (Å²) >= 11 is 0. The Morgan fingerprint density at radius 2 is 1.12 bits per heavy atom. The van der Waals surface area contributed by atoms with E-state index in [1.807, 2.05) is 13.0 Å². The number of aliphatic imine (C=N–C) groups is 1. The molecule has 208 valence electrons. The van der Waals surface area contributed by atoms with Crippen molar-refractivity contribution in [1.82, 2.24) is 0 Å². The van der Waals surface area contributed by atoms with Gasteiger partial charge in [-0.3, -0.25) is 4.99 Å². The monoisotopic (exact) mass is 545 g/mol. The fraction of sp³-hybridized carbons (Fsp3) is 0.146. The van der Waals surface area contributed by atoms with Crippen LogP contribution in [0.2, 0.25) is 0 Å². The summed E-state index contributed by atoms with van der Waals surface area (Å²) in [5.74, 6) is 0. The standard InChI is InChI=1S/C41H39N/c1-28(2)24-41(33-15-8-7-9-16-33)42-32(6)25-36-17-11-13-19-38(36)40-27-35(23-21-31(40)5)34-22-20-30(4)39(26-34)37-18-12-10-14-29(37)3/h7-24,26-27H,1,25H2,2-6H3/b41-24-,42-32?. The lowest BCUT2D eigenvalue weighted by molar-refractivity contribution is 1.28. The highest BCUT2D eigenvalue weighted by Crippen LogP contribution is 2.35. The van der Waals surface area contributed by atoms with E-state index in [0.29, 0.717) is 0 Å². The van der Waals surface area contributed by atoms with Gasteiger partial charge in [-0.1, -0.05) is 115 Å². The molecule has 1 heteroatoms. The Kier molecular flexibility index (Phi) is 8.79. The molecule has 0 aliphatic rings. The highest BCUT2D eigenvalue weighted by molar-refractivity contribution is 5.92. The van der Waals surface area contributed by atoms with Crippen LogP contribution in [0.25, 0.3) is 39.1 Å². The predicted octanol–water partition coefficient (Wildman–Crippen LogP) is 11.2. The zero-order valence-electron chi connectivity index (χ0n) is 25.4. The van der Waals surface area contributed by atoms with Gasteiger partial charge in [-0.25, -0.2) is 0 Å². The first-order valence-corrected chi connectivity index (χ1v) is 14.6. The quantitative estimate of drug-likeness (QED) is 0.136. The molecule has 0 atom stereocenters. The molecule has 0 unspecified atom stereocenters. The van der Waals surface area contributed by atoms with Crippen LogP contribution in [-0.2, 0) is 6.42 Å². The Bertz CT molecular complexity index is 1800. The molecule has 0 radical (unpaired) electrons. The number of hydrogen-bond donors (Lipinski definition) is 0. The zero-order valence-corrected chi connectivity index (χ0v) is 25.4.